The molecule has 1 N–H and O–H groups in total. The SMILES string of the molecule is CNC(=O)c1cc(O[C@@H]2CCCN(c3cc(C)ncn3)C2)ccn1. The minimum atomic E-state index is -0.220. The van der Waals surface area contributed by atoms with Gasteiger partial charge < -0.3 is 15.0 Å². The van der Waals surface area contributed by atoms with Crippen molar-refractivity contribution in [3.8, 4) is 5.75 Å². The monoisotopic (exact) mass is 327 g/mol. The van der Waals surface area contributed by atoms with Crippen LogP contribution in [0.5, 0.6) is 5.75 Å². The van der Waals surface area contributed by atoms with E-state index in [0.29, 0.717) is 11.4 Å². The third-order valence-corrected chi connectivity index (χ3v) is 3.99. The highest BCUT2D eigenvalue weighted by atomic mass is 16.5. The van der Waals surface area contributed by atoms with E-state index in [-0.39, 0.29) is 12.0 Å². The summed E-state index contributed by atoms with van der Waals surface area (Å²) < 4.78 is 6.07. The lowest BCUT2D eigenvalue weighted by atomic mass is 10.1. The third kappa shape index (κ3) is 3.79. The van der Waals surface area contributed by atoms with Crippen molar-refractivity contribution in [1.82, 2.24) is 20.3 Å². The van der Waals surface area contributed by atoms with Gasteiger partial charge in [-0.25, -0.2) is 9.97 Å². The molecule has 0 spiro atoms. The van der Waals surface area contributed by atoms with Crippen LogP contribution in [-0.2, 0) is 0 Å². The number of aryl methyl sites for hydroxylation is 1. The quantitative estimate of drug-likeness (QED) is 0.918. The smallest absolute Gasteiger partial charge is 0.269 e. The molecule has 3 heterocycles. The molecular weight excluding hydrogens is 306 g/mol. The molecule has 1 aliphatic heterocycles. The number of nitrogens with one attached hydrogen (secondary N) is 1. The van der Waals surface area contributed by atoms with Crippen molar-refractivity contribution >= 4 is 11.7 Å². The van der Waals surface area contributed by atoms with Gasteiger partial charge in [-0.15, -0.1) is 0 Å². The lowest BCUT2D eigenvalue weighted by Gasteiger charge is -2.33. The number of hydrogen-bond acceptors (Lipinski definition) is 6. The molecule has 1 amide bonds. The normalized spacial score (nSPS) is 17.4. The number of pyridine rings is 1. The van der Waals surface area contributed by atoms with Gasteiger partial charge in [-0.3, -0.25) is 9.78 Å². The molecule has 3 rings (SSSR count). The van der Waals surface area contributed by atoms with E-state index in [0.717, 1.165) is 37.4 Å². The Morgan fingerprint density at radius 3 is 3.00 bits per heavy atom. The highest BCUT2D eigenvalue weighted by Crippen LogP contribution is 2.22. The molecule has 126 valence electrons. The second-order valence-electron chi connectivity index (χ2n) is 5.80. The van der Waals surface area contributed by atoms with Crippen molar-refractivity contribution in [2.45, 2.75) is 25.9 Å². The second-order valence-corrected chi connectivity index (χ2v) is 5.80. The zero-order chi connectivity index (χ0) is 16.9. The molecule has 7 nitrogen and oxygen atoms in total. The number of rotatable bonds is 4. The Kier molecular flexibility index (Phi) is 4.88. The van der Waals surface area contributed by atoms with Crippen molar-refractivity contribution in [1.29, 1.82) is 0 Å². The van der Waals surface area contributed by atoms with Gasteiger partial charge in [-0.05, 0) is 25.8 Å². The number of anilines is 1. The van der Waals surface area contributed by atoms with Gasteiger partial charge in [0.15, 0.2) is 0 Å². The summed E-state index contributed by atoms with van der Waals surface area (Å²) in [5, 5.41) is 2.57. The van der Waals surface area contributed by atoms with E-state index in [1.54, 1.807) is 31.7 Å². The Bertz CT molecular complexity index is 722. The summed E-state index contributed by atoms with van der Waals surface area (Å²) in [5.41, 5.74) is 1.31. The highest BCUT2D eigenvalue weighted by Gasteiger charge is 2.23. The maximum Gasteiger partial charge on any atom is 0.269 e. The zero-order valence-corrected chi connectivity index (χ0v) is 13.9. The van der Waals surface area contributed by atoms with Gasteiger partial charge in [0, 0.05) is 37.6 Å². The van der Waals surface area contributed by atoms with Crippen LogP contribution in [0.15, 0.2) is 30.7 Å². The number of amides is 1. The predicted molar refractivity (Wildman–Crippen MR) is 90.3 cm³/mol. The minimum Gasteiger partial charge on any atom is -0.488 e. The fourth-order valence-corrected chi connectivity index (χ4v) is 2.79. The van der Waals surface area contributed by atoms with Crippen LogP contribution in [0.1, 0.15) is 29.0 Å². The lowest BCUT2D eigenvalue weighted by molar-refractivity contribution is 0.0957. The van der Waals surface area contributed by atoms with Crippen LogP contribution in [0, 0.1) is 6.92 Å². The van der Waals surface area contributed by atoms with Gasteiger partial charge in [-0.1, -0.05) is 0 Å². The van der Waals surface area contributed by atoms with Gasteiger partial charge in [0.2, 0.25) is 0 Å². The Morgan fingerprint density at radius 1 is 1.33 bits per heavy atom. The van der Waals surface area contributed by atoms with Crippen LogP contribution in [0.4, 0.5) is 5.82 Å². The average molecular weight is 327 g/mol. The van der Waals surface area contributed by atoms with Gasteiger partial charge >= 0.3 is 0 Å². The zero-order valence-electron chi connectivity index (χ0n) is 13.9. The number of ether oxygens (including phenoxy) is 1. The molecule has 0 bridgehead atoms. The van der Waals surface area contributed by atoms with Crippen molar-refractivity contribution in [3.63, 3.8) is 0 Å². The first-order chi connectivity index (χ1) is 11.7. The minimum absolute atomic E-state index is 0.0500. The van der Waals surface area contributed by atoms with E-state index in [2.05, 4.69) is 25.2 Å². The molecule has 0 radical (unpaired) electrons. The van der Waals surface area contributed by atoms with E-state index in [4.69, 9.17) is 4.74 Å². The van der Waals surface area contributed by atoms with Crippen LogP contribution in [0.25, 0.3) is 0 Å². The highest BCUT2D eigenvalue weighted by molar-refractivity contribution is 5.92. The predicted octanol–water partition coefficient (Wildman–Crippen LogP) is 1.59. The Labute approximate surface area is 141 Å². The van der Waals surface area contributed by atoms with Crippen molar-refractivity contribution in [2.75, 3.05) is 25.0 Å². The number of piperidine rings is 1. The summed E-state index contributed by atoms with van der Waals surface area (Å²) in [5.74, 6) is 1.37. The van der Waals surface area contributed by atoms with E-state index in [1.165, 1.54) is 0 Å². The third-order valence-electron chi connectivity index (χ3n) is 3.99. The molecule has 1 saturated heterocycles. The largest absolute Gasteiger partial charge is 0.488 e. The topological polar surface area (TPSA) is 80.2 Å². The van der Waals surface area contributed by atoms with Crippen molar-refractivity contribution in [3.05, 3.63) is 42.1 Å². The van der Waals surface area contributed by atoms with Gasteiger partial charge in [0.25, 0.3) is 5.91 Å². The molecule has 0 unspecified atom stereocenters. The van der Waals surface area contributed by atoms with Gasteiger partial charge in [0.05, 0.1) is 6.54 Å². The molecule has 1 fully saturated rings. The first kappa shape index (κ1) is 16.2. The molecule has 0 aliphatic carbocycles. The fraction of sp³-hybridized carbons (Fsp3) is 0.412. The summed E-state index contributed by atoms with van der Waals surface area (Å²) in [4.78, 5) is 26.4. The van der Waals surface area contributed by atoms with E-state index in [1.807, 2.05) is 13.0 Å². The summed E-state index contributed by atoms with van der Waals surface area (Å²) in [6, 6.07) is 5.44. The summed E-state index contributed by atoms with van der Waals surface area (Å²) >= 11 is 0. The van der Waals surface area contributed by atoms with Gasteiger partial charge in [-0.2, -0.15) is 0 Å². The molecular formula is C17H21N5O2. The van der Waals surface area contributed by atoms with Crippen LogP contribution in [0.3, 0.4) is 0 Å². The van der Waals surface area contributed by atoms with Crippen molar-refractivity contribution < 1.29 is 9.53 Å². The van der Waals surface area contributed by atoms with Crippen LogP contribution < -0.4 is 15.0 Å². The Balaban J connectivity index is 1.68. The molecule has 0 aromatic carbocycles. The molecule has 2 aromatic rings. The van der Waals surface area contributed by atoms with E-state index in [9.17, 15) is 4.79 Å². The number of carbonyl (C=O) groups excluding carboxylic acids is 1. The molecule has 2 aromatic heterocycles. The summed E-state index contributed by atoms with van der Waals surface area (Å²) in [6.45, 7) is 3.67. The van der Waals surface area contributed by atoms with Gasteiger partial charge in [0.1, 0.15) is 29.7 Å². The first-order valence-corrected chi connectivity index (χ1v) is 8.04. The fourth-order valence-electron chi connectivity index (χ4n) is 2.79. The maximum absolute atomic E-state index is 11.7. The van der Waals surface area contributed by atoms with Crippen LogP contribution >= 0.6 is 0 Å². The van der Waals surface area contributed by atoms with Crippen molar-refractivity contribution in [2.24, 2.45) is 0 Å². The molecule has 1 atom stereocenters. The summed E-state index contributed by atoms with van der Waals surface area (Å²) in [6.07, 6.45) is 5.23. The number of carbonyl (C=O) groups is 1. The Morgan fingerprint density at radius 2 is 2.21 bits per heavy atom. The molecule has 24 heavy (non-hydrogen) atoms. The molecule has 7 heteroatoms. The standard InChI is InChI=1S/C17H21N5O2/c1-12-8-16(21-11-20-12)22-7-3-4-14(10-22)24-13-5-6-19-15(9-13)17(23)18-2/h5-6,8-9,11,14H,3-4,7,10H2,1-2H3,(H,18,23)/t14-/m1/s1. The van der Waals surface area contributed by atoms with E-state index >= 15 is 0 Å². The average Bonchev–Trinajstić information content (AvgIpc) is 2.61. The van der Waals surface area contributed by atoms with Crippen LogP contribution in [0.2, 0.25) is 0 Å². The number of aromatic nitrogens is 3. The maximum atomic E-state index is 11.7. The first-order valence-electron chi connectivity index (χ1n) is 8.04. The molecule has 1 aliphatic rings. The van der Waals surface area contributed by atoms with Crippen LogP contribution in [-0.4, -0.2) is 47.1 Å². The number of nitrogens with zero attached hydrogens (tertiary/aromatic N) is 4. The number of hydrogen-bond donors (Lipinski definition) is 1. The summed E-state index contributed by atoms with van der Waals surface area (Å²) in [7, 11) is 1.58. The lowest BCUT2D eigenvalue weighted by Crippen LogP contribution is -2.41. The second kappa shape index (κ2) is 7.25. The van der Waals surface area contributed by atoms with E-state index < -0.39 is 0 Å². The Hall–Kier alpha value is -2.70. The molecule has 0 saturated carbocycles.